The van der Waals surface area contributed by atoms with Crippen molar-refractivity contribution in [3.63, 3.8) is 0 Å². The number of benzene rings is 1. The average molecular weight is 447 g/mol. The molecule has 2 amide bonds. The molecule has 0 aliphatic rings. The Kier molecular flexibility index (Phi) is 9.39. The molecule has 172 valence electrons. The number of rotatable bonds is 12. The number of pyridine rings is 2. The van der Waals surface area contributed by atoms with Gasteiger partial charge >= 0.3 is 0 Å². The van der Waals surface area contributed by atoms with Crippen molar-refractivity contribution < 1.29 is 14.3 Å². The average Bonchev–Trinajstić information content (AvgIpc) is 2.84. The van der Waals surface area contributed by atoms with E-state index in [-0.39, 0.29) is 11.8 Å². The zero-order valence-corrected chi connectivity index (χ0v) is 18.9. The summed E-state index contributed by atoms with van der Waals surface area (Å²) in [5.41, 5.74) is 1.80. The predicted octanol–water partition coefficient (Wildman–Crippen LogP) is 5.72. The van der Waals surface area contributed by atoms with Gasteiger partial charge in [0.1, 0.15) is 5.75 Å². The molecule has 2 aromatic heterocycles. The Morgan fingerprint density at radius 3 is 1.85 bits per heavy atom. The molecule has 7 nitrogen and oxygen atoms in total. The quantitative estimate of drug-likeness (QED) is 0.347. The number of carbonyl (C=O) groups excluding carboxylic acids is 2. The number of anilines is 2. The maximum absolute atomic E-state index is 12.8. The van der Waals surface area contributed by atoms with E-state index in [1.54, 1.807) is 67.3 Å². The first-order chi connectivity index (χ1) is 16.2. The van der Waals surface area contributed by atoms with Crippen molar-refractivity contribution in [1.82, 2.24) is 9.97 Å². The van der Waals surface area contributed by atoms with Crippen LogP contribution in [0.1, 0.15) is 66.2 Å². The van der Waals surface area contributed by atoms with Crippen molar-refractivity contribution in [2.24, 2.45) is 0 Å². The van der Waals surface area contributed by atoms with Crippen molar-refractivity contribution in [1.29, 1.82) is 0 Å². The minimum atomic E-state index is -0.344. The van der Waals surface area contributed by atoms with Crippen molar-refractivity contribution in [3.8, 4) is 5.75 Å². The molecule has 0 fully saturated rings. The largest absolute Gasteiger partial charge is 0.494 e. The molecule has 33 heavy (non-hydrogen) atoms. The number of hydrogen-bond acceptors (Lipinski definition) is 5. The summed E-state index contributed by atoms with van der Waals surface area (Å²) in [5.74, 6) is -0.203. The Hall–Kier alpha value is -3.74. The van der Waals surface area contributed by atoms with E-state index in [0.717, 1.165) is 12.8 Å². The molecule has 0 saturated heterocycles. The molecule has 0 aliphatic carbocycles. The van der Waals surface area contributed by atoms with Gasteiger partial charge in [-0.1, -0.05) is 39.0 Å². The van der Waals surface area contributed by atoms with Gasteiger partial charge in [-0.2, -0.15) is 0 Å². The maximum Gasteiger partial charge on any atom is 0.255 e. The Labute approximate surface area is 194 Å². The summed E-state index contributed by atoms with van der Waals surface area (Å²) in [6.07, 6.45) is 13.3. The number of unbranched alkanes of at least 4 members (excludes halogenated alkanes) is 5. The third-order valence-electron chi connectivity index (χ3n) is 5.04. The minimum Gasteiger partial charge on any atom is -0.494 e. The Balaban J connectivity index is 1.71. The lowest BCUT2D eigenvalue weighted by Gasteiger charge is -2.12. The highest BCUT2D eigenvalue weighted by molar-refractivity contribution is 6.09. The Bertz CT molecular complexity index is 954. The lowest BCUT2D eigenvalue weighted by atomic mass is 10.1. The van der Waals surface area contributed by atoms with Crippen LogP contribution in [0.25, 0.3) is 0 Å². The molecule has 0 aliphatic heterocycles. The number of nitrogens with one attached hydrogen (secondary N) is 2. The molecule has 0 atom stereocenters. The SMILES string of the molecule is CCCCCCCCOc1cc(C(=O)Nc2cccnc2)cc(C(=O)Nc2cccnc2)c1. The van der Waals surface area contributed by atoms with Gasteiger partial charge in [-0.3, -0.25) is 19.6 Å². The van der Waals surface area contributed by atoms with Crippen LogP contribution in [-0.4, -0.2) is 28.4 Å². The van der Waals surface area contributed by atoms with Gasteiger partial charge in [-0.15, -0.1) is 0 Å². The summed E-state index contributed by atoms with van der Waals surface area (Å²) in [4.78, 5) is 33.7. The smallest absolute Gasteiger partial charge is 0.255 e. The summed E-state index contributed by atoms with van der Waals surface area (Å²) >= 11 is 0. The Morgan fingerprint density at radius 2 is 1.33 bits per heavy atom. The number of nitrogens with zero attached hydrogens (tertiary/aromatic N) is 2. The highest BCUT2D eigenvalue weighted by atomic mass is 16.5. The number of carbonyl (C=O) groups is 2. The molecule has 0 bridgehead atoms. The fourth-order valence-electron chi connectivity index (χ4n) is 3.30. The third kappa shape index (κ3) is 8.03. The maximum atomic E-state index is 12.8. The third-order valence-corrected chi connectivity index (χ3v) is 5.04. The van der Waals surface area contributed by atoms with E-state index in [2.05, 4.69) is 27.5 Å². The molecule has 0 spiro atoms. The highest BCUT2D eigenvalue weighted by Gasteiger charge is 2.15. The normalized spacial score (nSPS) is 10.5. The monoisotopic (exact) mass is 446 g/mol. The van der Waals surface area contributed by atoms with Crippen LogP contribution >= 0.6 is 0 Å². The topological polar surface area (TPSA) is 93.2 Å². The molecule has 3 aromatic rings. The molecular formula is C26H30N4O3. The van der Waals surface area contributed by atoms with E-state index in [0.29, 0.717) is 34.9 Å². The second-order valence-corrected chi connectivity index (χ2v) is 7.75. The van der Waals surface area contributed by atoms with Crippen LogP contribution in [0, 0.1) is 0 Å². The van der Waals surface area contributed by atoms with Crippen molar-refractivity contribution in [2.75, 3.05) is 17.2 Å². The van der Waals surface area contributed by atoms with E-state index in [1.807, 2.05) is 0 Å². The van der Waals surface area contributed by atoms with Crippen LogP contribution in [0.15, 0.2) is 67.3 Å². The summed E-state index contributed by atoms with van der Waals surface area (Å²) in [7, 11) is 0. The van der Waals surface area contributed by atoms with Crippen LogP contribution in [0.4, 0.5) is 11.4 Å². The van der Waals surface area contributed by atoms with Gasteiger partial charge in [0.05, 0.1) is 30.4 Å². The van der Waals surface area contributed by atoms with E-state index >= 15 is 0 Å². The van der Waals surface area contributed by atoms with Crippen LogP contribution in [-0.2, 0) is 0 Å². The predicted molar refractivity (Wildman–Crippen MR) is 130 cm³/mol. The molecule has 0 radical (unpaired) electrons. The van der Waals surface area contributed by atoms with Gasteiger partial charge in [0.25, 0.3) is 11.8 Å². The first-order valence-electron chi connectivity index (χ1n) is 11.4. The second-order valence-electron chi connectivity index (χ2n) is 7.75. The van der Waals surface area contributed by atoms with Gasteiger partial charge in [0, 0.05) is 23.5 Å². The molecule has 1 aromatic carbocycles. The summed E-state index contributed by atoms with van der Waals surface area (Å²) < 4.78 is 5.91. The fourth-order valence-corrected chi connectivity index (χ4v) is 3.30. The number of amides is 2. The summed E-state index contributed by atoms with van der Waals surface area (Å²) in [6.45, 7) is 2.73. The number of hydrogen-bond donors (Lipinski definition) is 2. The lowest BCUT2D eigenvalue weighted by molar-refractivity contribution is 0.102. The number of ether oxygens (including phenoxy) is 1. The van der Waals surface area contributed by atoms with Crippen LogP contribution in [0.3, 0.4) is 0 Å². The van der Waals surface area contributed by atoms with E-state index in [1.165, 1.54) is 25.7 Å². The fraction of sp³-hybridized carbons (Fsp3) is 0.308. The van der Waals surface area contributed by atoms with Gasteiger partial charge in [-0.05, 0) is 48.9 Å². The molecule has 3 rings (SSSR count). The van der Waals surface area contributed by atoms with Crippen LogP contribution in [0.2, 0.25) is 0 Å². The molecule has 2 N–H and O–H groups in total. The summed E-state index contributed by atoms with van der Waals surface area (Å²) in [5, 5.41) is 5.60. The second kappa shape index (κ2) is 13.0. The van der Waals surface area contributed by atoms with Crippen LogP contribution < -0.4 is 15.4 Å². The van der Waals surface area contributed by atoms with Gasteiger partial charge < -0.3 is 15.4 Å². The van der Waals surface area contributed by atoms with Gasteiger partial charge in [-0.25, -0.2) is 0 Å². The van der Waals surface area contributed by atoms with Gasteiger partial charge in [0.2, 0.25) is 0 Å². The highest BCUT2D eigenvalue weighted by Crippen LogP contribution is 2.21. The molecule has 2 heterocycles. The molecule has 7 heteroatoms. The van der Waals surface area contributed by atoms with E-state index < -0.39 is 0 Å². The number of aromatic nitrogens is 2. The van der Waals surface area contributed by atoms with E-state index in [9.17, 15) is 9.59 Å². The minimum absolute atomic E-state index is 0.329. The standard InChI is InChI=1S/C26H30N4O3/c1-2-3-4-5-6-7-14-33-24-16-20(25(31)29-22-10-8-12-27-18-22)15-21(17-24)26(32)30-23-11-9-13-28-19-23/h8-13,15-19H,2-7,14H2,1H3,(H,29,31)(H,30,32). The zero-order valence-electron chi connectivity index (χ0n) is 18.9. The van der Waals surface area contributed by atoms with Crippen LogP contribution in [0.5, 0.6) is 5.75 Å². The first kappa shape index (κ1) is 23.9. The first-order valence-corrected chi connectivity index (χ1v) is 11.4. The zero-order chi connectivity index (χ0) is 23.3. The van der Waals surface area contributed by atoms with Crippen molar-refractivity contribution >= 4 is 23.2 Å². The lowest BCUT2D eigenvalue weighted by Crippen LogP contribution is -2.16. The van der Waals surface area contributed by atoms with Crippen molar-refractivity contribution in [2.45, 2.75) is 45.4 Å². The molecular weight excluding hydrogens is 416 g/mol. The molecule has 0 saturated carbocycles. The summed E-state index contributed by atoms with van der Waals surface area (Å²) in [6, 6.07) is 11.8. The molecule has 0 unspecified atom stereocenters. The van der Waals surface area contributed by atoms with E-state index in [4.69, 9.17) is 4.74 Å². The Morgan fingerprint density at radius 1 is 0.788 bits per heavy atom. The van der Waals surface area contributed by atoms with Gasteiger partial charge in [0.15, 0.2) is 0 Å². The van der Waals surface area contributed by atoms with Crippen molar-refractivity contribution in [3.05, 3.63) is 78.4 Å².